The Hall–Kier alpha value is 1.18. The second kappa shape index (κ2) is 8.76. The summed E-state index contributed by atoms with van der Waals surface area (Å²) in [7, 11) is -4.53. The molecule has 0 rings (SSSR count). The average molecular weight is 223 g/mol. The Bertz CT molecular complexity index is 183. The van der Waals surface area contributed by atoms with E-state index in [-0.39, 0.29) is 29.6 Å². The molecule has 0 bridgehead atoms. The van der Waals surface area contributed by atoms with Crippen LogP contribution in [0.25, 0.3) is 0 Å². The van der Waals surface area contributed by atoms with E-state index in [2.05, 4.69) is 3.63 Å². The van der Waals surface area contributed by atoms with Gasteiger partial charge in [0.2, 0.25) is 10.4 Å². The molecule has 0 atom stereocenters. The summed E-state index contributed by atoms with van der Waals surface area (Å²) in [5.41, 5.74) is 5.17. The molecule has 68 valence electrons. The largest absolute Gasteiger partial charge is 1.00 e. The number of nitrogens with two attached hydrogens (primary N) is 1. The summed E-state index contributed by atoms with van der Waals surface area (Å²) in [5.74, 6) is 0.471. The van der Waals surface area contributed by atoms with E-state index in [0.29, 0.717) is 24.3 Å². The Morgan fingerprint density at radius 2 is 2.00 bits per heavy atom. The maximum atomic E-state index is 9.84. The number of hydrogen-bond acceptors (Lipinski definition) is 6. The second-order valence-electron chi connectivity index (χ2n) is 1.79. The fourth-order valence-electron chi connectivity index (χ4n) is 0.398. The summed E-state index contributed by atoms with van der Waals surface area (Å²) in [6.07, 6.45) is 1.55. The van der Waals surface area contributed by atoms with Crippen LogP contribution in [0, 0.1) is 0 Å². The maximum Gasteiger partial charge on any atom is 1.00 e. The minimum absolute atomic E-state index is 0. The van der Waals surface area contributed by atoms with Crippen molar-refractivity contribution in [3.05, 3.63) is 0 Å². The molecule has 0 aliphatic heterocycles. The Morgan fingerprint density at radius 3 is 2.42 bits per heavy atom. The van der Waals surface area contributed by atoms with Gasteiger partial charge in [0.25, 0.3) is 0 Å². The first-order valence-corrected chi connectivity index (χ1v) is 5.27. The van der Waals surface area contributed by atoms with E-state index in [4.69, 9.17) is 5.73 Å². The maximum absolute atomic E-state index is 9.84. The fraction of sp³-hybridized carbons (Fsp3) is 1.00. The molecule has 0 aliphatic carbocycles. The van der Waals surface area contributed by atoms with Gasteiger partial charge in [-0.25, -0.2) is 12.0 Å². The predicted octanol–water partition coefficient (Wildman–Crippen LogP) is -3.15. The van der Waals surface area contributed by atoms with Gasteiger partial charge in [-0.15, -0.1) is 0 Å². The van der Waals surface area contributed by atoms with Gasteiger partial charge in [-0.3, -0.25) is 0 Å². The van der Waals surface area contributed by atoms with Crippen LogP contribution in [0.3, 0.4) is 0 Å². The van der Waals surface area contributed by atoms with Gasteiger partial charge in [0.1, 0.15) is 0 Å². The zero-order chi connectivity index (χ0) is 8.74. The monoisotopic (exact) mass is 223 g/mol. The van der Waals surface area contributed by atoms with Crippen molar-refractivity contribution in [1.82, 2.24) is 0 Å². The van der Waals surface area contributed by atoms with Gasteiger partial charge in [-0.2, -0.15) is 0 Å². The van der Waals surface area contributed by atoms with Crippen molar-refractivity contribution in [2.24, 2.45) is 5.73 Å². The standard InChI is InChI=1S/C4H11NO4S2.Na/c5-3-1-2-4-10-9-11(6,7)8;/h1-5H2,(H,6,7,8);/q;+1/p-1. The van der Waals surface area contributed by atoms with Crippen molar-refractivity contribution >= 4 is 22.4 Å². The van der Waals surface area contributed by atoms with E-state index < -0.39 is 10.4 Å². The van der Waals surface area contributed by atoms with E-state index in [1.165, 1.54) is 0 Å². The molecule has 0 saturated heterocycles. The van der Waals surface area contributed by atoms with Gasteiger partial charge in [-0.05, 0) is 19.4 Å². The van der Waals surface area contributed by atoms with E-state index in [9.17, 15) is 13.0 Å². The molecule has 5 nitrogen and oxygen atoms in total. The quantitative estimate of drug-likeness (QED) is 0.168. The Balaban J connectivity index is 0. The van der Waals surface area contributed by atoms with Gasteiger partial charge in [-0.1, -0.05) is 0 Å². The van der Waals surface area contributed by atoms with Crippen LogP contribution >= 0.6 is 12.0 Å². The van der Waals surface area contributed by atoms with Crippen LogP contribution in [-0.2, 0) is 14.0 Å². The SMILES string of the molecule is NCCCCSOS(=O)(=O)[O-].[Na+]. The molecule has 0 spiro atoms. The second-order valence-corrected chi connectivity index (χ2v) is 3.80. The summed E-state index contributed by atoms with van der Waals surface area (Å²) in [6.45, 7) is 0.560. The zero-order valence-corrected chi connectivity index (χ0v) is 10.5. The molecular formula is C4H10NNaO4S2. The molecule has 0 heterocycles. The number of unbranched alkanes of at least 4 members (excludes halogenated alkanes) is 1. The molecular weight excluding hydrogens is 213 g/mol. The van der Waals surface area contributed by atoms with Crippen LogP contribution in [-0.4, -0.2) is 25.3 Å². The van der Waals surface area contributed by atoms with E-state index in [0.717, 1.165) is 12.8 Å². The molecule has 0 aromatic carbocycles. The molecule has 0 saturated carbocycles. The minimum Gasteiger partial charge on any atom is -0.725 e. The average Bonchev–Trinajstić information content (AvgIpc) is 1.85. The molecule has 0 aliphatic rings. The first-order chi connectivity index (χ1) is 5.06. The molecule has 12 heavy (non-hydrogen) atoms. The topological polar surface area (TPSA) is 92.5 Å². The number of rotatable bonds is 6. The summed E-state index contributed by atoms with van der Waals surface area (Å²) in [5, 5.41) is 0. The third kappa shape index (κ3) is 13.7. The molecule has 0 aromatic rings. The fourth-order valence-corrected chi connectivity index (χ4v) is 1.46. The molecule has 2 N–H and O–H groups in total. The Kier molecular flexibility index (Phi) is 11.4. The Morgan fingerprint density at radius 1 is 1.42 bits per heavy atom. The van der Waals surface area contributed by atoms with Gasteiger partial charge in [0.05, 0.1) is 0 Å². The van der Waals surface area contributed by atoms with Crippen molar-refractivity contribution in [3.8, 4) is 0 Å². The summed E-state index contributed by atoms with van der Waals surface area (Å²) in [4.78, 5) is 0. The summed E-state index contributed by atoms with van der Waals surface area (Å²) < 4.78 is 33.4. The first kappa shape index (κ1) is 15.6. The van der Waals surface area contributed by atoms with Crippen molar-refractivity contribution in [2.75, 3.05) is 12.3 Å². The van der Waals surface area contributed by atoms with Gasteiger partial charge < -0.3 is 10.3 Å². The normalized spacial score (nSPS) is 10.8. The van der Waals surface area contributed by atoms with Gasteiger partial charge in [0, 0.05) is 17.8 Å². The third-order valence-electron chi connectivity index (χ3n) is 0.813. The van der Waals surface area contributed by atoms with Crippen LogP contribution in [0.2, 0.25) is 0 Å². The molecule has 0 aromatic heterocycles. The molecule has 8 heteroatoms. The molecule has 0 radical (unpaired) electrons. The predicted molar refractivity (Wildman–Crippen MR) is 41.5 cm³/mol. The van der Waals surface area contributed by atoms with Gasteiger partial charge in [0.15, 0.2) is 0 Å². The smallest absolute Gasteiger partial charge is 0.725 e. The summed E-state index contributed by atoms with van der Waals surface area (Å²) in [6, 6.07) is 0. The molecule has 0 fully saturated rings. The minimum atomic E-state index is -4.53. The van der Waals surface area contributed by atoms with Crippen LogP contribution in [0.1, 0.15) is 12.8 Å². The van der Waals surface area contributed by atoms with E-state index >= 15 is 0 Å². The first-order valence-electron chi connectivity index (χ1n) is 3.03. The van der Waals surface area contributed by atoms with Crippen molar-refractivity contribution < 1.29 is 46.2 Å². The Labute approximate surface area is 98.9 Å². The molecule has 0 amide bonds. The van der Waals surface area contributed by atoms with Crippen LogP contribution < -0.4 is 35.3 Å². The third-order valence-corrected chi connectivity index (χ3v) is 2.32. The van der Waals surface area contributed by atoms with E-state index in [1.54, 1.807) is 0 Å². The molecule has 0 unspecified atom stereocenters. The zero-order valence-electron chi connectivity index (χ0n) is 6.86. The van der Waals surface area contributed by atoms with Crippen LogP contribution in [0.4, 0.5) is 0 Å². The van der Waals surface area contributed by atoms with Crippen LogP contribution in [0.15, 0.2) is 0 Å². The van der Waals surface area contributed by atoms with Crippen molar-refractivity contribution in [3.63, 3.8) is 0 Å². The number of hydrogen-bond donors (Lipinski definition) is 1. The van der Waals surface area contributed by atoms with Crippen molar-refractivity contribution in [2.45, 2.75) is 12.8 Å². The van der Waals surface area contributed by atoms with Gasteiger partial charge >= 0.3 is 29.6 Å². The van der Waals surface area contributed by atoms with E-state index in [1.807, 2.05) is 0 Å². The van der Waals surface area contributed by atoms with Crippen LogP contribution in [0.5, 0.6) is 0 Å². The van der Waals surface area contributed by atoms with Crippen molar-refractivity contribution in [1.29, 1.82) is 0 Å². The summed E-state index contributed by atoms with van der Waals surface area (Å²) >= 11 is 0.644.